The van der Waals surface area contributed by atoms with Crippen molar-refractivity contribution in [2.75, 3.05) is 6.54 Å². The molecule has 2 amide bonds. The summed E-state index contributed by atoms with van der Waals surface area (Å²) in [6, 6.07) is 15.2. The van der Waals surface area contributed by atoms with E-state index in [9.17, 15) is 4.79 Å². The molecule has 0 unspecified atom stereocenters. The highest BCUT2D eigenvalue weighted by Crippen LogP contribution is 2.19. The molecule has 2 aromatic carbocycles. The first-order valence-corrected chi connectivity index (χ1v) is 9.36. The van der Waals surface area contributed by atoms with Gasteiger partial charge in [-0.25, -0.2) is 4.79 Å². The van der Waals surface area contributed by atoms with Crippen LogP contribution in [0.2, 0.25) is 10.0 Å². The van der Waals surface area contributed by atoms with Crippen molar-refractivity contribution in [2.24, 2.45) is 0 Å². The van der Waals surface area contributed by atoms with E-state index < -0.39 is 0 Å². The van der Waals surface area contributed by atoms with E-state index in [0.717, 1.165) is 23.2 Å². The van der Waals surface area contributed by atoms with Crippen LogP contribution in [0.1, 0.15) is 16.7 Å². The minimum atomic E-state index is -0.205. The van der Waals surface area contributed by atoms with Crippen LogP contribution in [0.3, 0.4) is 0 Å². The molecular weight excluding hydrogens is 383 g/mol. The predicted molar refractivity (Wildman–Crippen MR) is 108 cm³/mol. The van der Waals surface area contributed by atoms with Crippen LogP contribution in [-0.4, -0.2) is 22.4 Å². The lowest BCUT2D eigenvalue weighted by Gasteiger charge is -2.09. The minimum Gasteiger partial charge on any atom is -0.338 e. The van der Waals surface area contributed by atoms with Gasteiger partial charge < -0.3 is 10.6 Å². The molecule has 27 heavy (non-hydrogen) atoms. The molecule has 3 rings (SSSR count). The summed E-state index contributed by atoms with van der Waals surface area (Å²) in [6.45, 7) is 1.71. The summed E-state index contributed by atoms with van der Waals surface area (Å²) >= 11 is 11.9. The SMILES string of the molecule is O=C(NCCc1cc(Cl)cc(Cl)c1)NCc1ccc(Cn2cccn2)cc1. The van der Waals surface area contributed by atoms with Crippen LogP contribution in [0.15, 0.2) is 60.9 Å². The van der Waals surface area contributed by atoms with Crippen LogP contribution < -0.4 is 10.6 Å². The smallest absolute Gasteiger partial charge is 0.315 e. The van der Waals surface area contributed by atoms with Crippen molar-refractivity contribution in [2.45, 2.75) is 19.5 Å². The van der Waals surface area contributed by atoms with E-state index in [4.69, 9.17) is 23.2 Å². The molecule has 0 bridgehead atoms. The summed E-state index contributed by atoms with van der Waals surface area (Å²) in [5.41, 5.74) is 3.18. The van der Waals surface area contributed by atoms with E-state index in [1.807, 2.05) is 53.3 Å². The summed E-state index contributed by atoms with van der Waals surface area (Å²) in [5, 5.41) is 11.1. The summed E-state index contributed by atoms with van der Waals surface area (Å²) in [6.07, 6.45) is 4.35. The average molecular weight is 403 g/mol. The molecule has 1 aromatic heterocycles. The van der Waals surface area contributed by atoms with Crippen molar-refractivity contribution >= 4 is 29.2 Å². The molecule has 7 heteroatoms. The van der Waals surface area contributed by atoms with E-state index in [2.05, 4.69) is 15.7 Å². The van der Waals surface area contributed by atoms with E-state index in [1.54, 1.807) is 12.3 Å². The summed E-state index contributed by atoms with van der Waals surface area (Å²) < 4.78 is 1.87. The summed E-state index contributed by atoms with van der Waals surface area (Å²) in [7, 11) is 0. The molecule has 0 spiro atoms. The quantitative estimate of drug-likeness (QED) is 0.619. The van der Waals surface area contributed by atoms with Gasteiger partial charge in [0.05, 0.1) is 6.54 Å². The lowest BCUT2D eigenvalue weighted by Crippen LogP contribution is -2.36. The molecule has 0 aliphatic carbocycles. The maximum Gasteiger partial charge on any atom is 0.315 e. The van der Waals surface area contributed by atoms with Crippen molar-refractivity contribution in [3.8, 4) is 0 Å². The molecule has 140 valence electrons. The Morgan fingerprint density at radius 2 is 1.67 bits per heavy atom. The Labute approximate surface area is 168 Å². The molecule has 0 aliphatic rings. The Morgan fingerprint density at radius 1 is 0.963 bits per heavy atom. The van der Waals surface area contributed by atoms with Crippen LogP contribution in [-0.2, 0) is 19.5 Å². The number of benzene rings is 2. The van der Waals surface area contributed by atoms with Crippen molar-refractivity contribution in [1.29, 1.82) is 0 Å². The van der Waals surface area contributed by atoms with Crippen molar-refractivity contribution in [3.05, 3.63) is 87.7 Å². The second-order valence-electron chi connectivity index (χ2n) is 6.16. The first-order chi connectivity index (χ1) is 13.1. The molecule has 0 aliphatic heterocycles. The topological polar surface area (TPSA) is 59.0 Å². The lowest BCUT2D eigenvalue weighted by atomic mass is 10.1. The van der Waals surface area contributed by atoms with Gasteiger partial charge in [0.15, 0.2) is 0 Å². The standard InChI is InChI=1S/C20H20Cl2N4O/c21-18-10-17(11-19(22)12-18)6-8-23-20(27)24-13-15-2-4-16(5-3-15)14-26-9-1-7-25-26/h1-5,7,9-12H,6,8,13-14H2,(H2,23,24,27). The maximum atomic E-state index is 11.9. The Hall–Kier alpha value is -2.50. The van der Waals surface area contributed by atoms with Crippen LogP contribution in [0.4, 0.5) is 4.79 Å². The largest absolute Gasteiger partial charge is 0.338 e. The van der Waals surface area contributed by atoms with Gasteiger partial charge >= 0.3 is 6.03 Å². The van der Waals surface area contributed by atoms with Gasteiger partial charge in [-0.2, -0.15) is 5.10 Å². The number of nitrogens with zero attached hydrogens (tertiary/aromatic N) is 2. The summed E-state index contributed by atoms with van der Waals surface area (Å²) in [5.74, 6) is 0. The monoisotopic (exact) mass is 402 g/mol. The number of aromatic nitrogens is 2. The highest BCUT2D eigenvalue weighted by molar-refractivity contribution is 6.34. The first-order valence-electron chi connectivity index (χ1n) is 8.60. The Bertz CT molecular complexity index is 859. The molecule has 1 heterocycles. The number of hydrogen-bond donors (Lipinski definition) is 2. The molecule has 0 radical (unpaired) electrons. The lowest BCUT2D eigenvalue weighted by molar-refractivity contribution is 0.240. The van der Waals surface area contributed by atoms with Gasteiger partial charge in [-0.3, -0.25) is 4.68 Å². The molecule has 0 saturated carbocycles. The number of hydrogen-bond acceptors (Lipinski definition) is 2. The number of nitrogens with one attached hydrogen (secondary N) is 2. The number of urea groups is 1. The predicted octanol–water partition coefficient (Wildman–Crippen LogP) is 4.28. The third-order valence-corrected chi connectivity index (χ3v) is 4.44. The van der Waals surface area contributed by atoms with Gasteiger partial charge in [0.2, 0.25) is 0 Å². The van der Waals surface area contributed by atoms with Crippen LogP contribution in [0.5, 0.6) is 0 Å². The van der Waals surface area contributed by atoms with E-state index in [-0.39, 0.29) is 6.03 Å². The third-order valence-electron chi connectivity index (χ3n) is 4.00. The maximum absolute atomic E-state index is 11.9. The number of carbonyl (C=O) groups excluding carboxylic acids is 1. The first kappa shape index (κ1) is 19.3. The van der Waals surface area contributed by atoms with E-state index in [0.29, 0.717) is 29.6 Å². The van der Waals surface area contributed by atoms with Gasteiger partial charge in [0.25, 0.3) is 0 Å². The zero-order valence-corrected chi connectivity index (χ0v) is 16.2. The molecular formula is C20H20Cl2N4O. The van der Waals surface area contributed by atoms with Gasteiger partial charge in [0.1, 0.15) is 0 Å². The fourth-order valence-electron chi connectivity index (χ4n) is 2.66. The number of amides is 2. The normalized spacial score (nSPS) is 10.6. The van der Waals surface area contributed by atoms with Gasteiger partial charge in [-0.1, -0.05) is 47.5 Å². The van der Waals surface area contributed by atoms with Gasteiger partial charge in [0, 0.05) is 35.5 Å². The fraction of sp³-hybridized carbons (Fsp3) is 0.200. The zero-order chi connectivity index (χ0) is 19.1. The Kier molecular flexibility index (Phi) is 6.74. The third kappa shape index (κ3) is 6.31. The molecule has 5 nitrogen and oxygen atoms in total. The highest BCUT2D eigenvalue weighted by atomic mass is 35.5. The Balaban J connectivity index is 1.39. The molecule has 0 fully saturated rings. The van der Waals surface area contributed by atoms with E-state index >= 15 is 0 Å². The summed E-state index contributed by atoms with van der Waals surface area (Å²) in [4.78, 5) is 11.9. The molecule has 0 saturated heterocycles. The second kappa shape index (κ2) is 9.44. The Morgan fingerprint density at radius 3 is 2.33 bits per heavy atom. The van der Waals surface area contributed by atoms with Crippen molar-refractivity contribution in [3.63, 3.8) is 0 Å². The van der Waals surface area contributed by atoms with Crippen LogP contribution >= 0.6 is 23.2 Å². The minimum absolute atomic E-state index is 0.205. The zero-order valence-electron chi connectivity index (χ0n) is 14.7. The van der Waals surface area contributed by atoms with Gasteiger partial charge in [-0.15, -0.1) is 0 Å². The fourth-order valence-corrected chi connectivity index (χ4v) is 3.24. The number of rotatable bonds is 7. The second-order valence-corrected chi connectivity index (χ2v) is 7.03. The molecule has 0 atom stereocenters. The van der Waals surface area contributed by atoms with Crippen molar-refractivity contribution in [1.82, 2.24) is 20.4 Å². The van der Waals surface area contributed by atoms with Crippen LogP contribution in [0, 0.1) is 0 Å². The highest BCUT2D eigenvalue weighted by Gasteiger charge is 2.03. The average Bonchev–Trinajstić information content (AvgIpc) is 3.13. The van der Waals surface area contributed by atoms with Crippen LogP contribution in [0.25, 0.3) is 0 Å². The van der Waals surface area contributed by atoms with Crippen molar-refractivity contribution < 1.29 is 4.79 Å². The number of carbonyl (C=O) groups is 1. The van der Waals surface area contributed by atoms with E-state index in [1.165, 1.54) is 0 Å². The number of halogens is 2. The molecule has 2 N–H and O–H groups in total. The molecule has 3 aromatic rings. The van der Waals surface area contributed by atoms with Gasteiger partial charge in [-0.05, 0) is 47.4 Å².